The normalized spacial score (nSPS) is 16.1. The summed E-state index contributed by atoms with van der Waals surface area (Å²) in [7, 11) is 1.60. The van der Waals surface area contributed by atoms with Crippen molar-refractivity contribution < 1.29 is 14.3 Å². The zero-order valence-corrected chi connectivity index (χ0v) is 15.6. The molecule has 0 spiro atoms. The third-order valence-corrected chi connectivity index (χ3v) is 4.58. The zero-order chi connectivity index (χ0) is 18.6. The summed E-state index contributed by atoms with van der Waals surface area (Å²) >= 11 is 0. The van der Waals surface area contributed by atoms with E-state index in [4.69, 9.17) is 10.5 Å². The van der Waals surface area contributed by atoms with E-state index in [-0.39, 0.29) is 11.8 Å². The fourth-order valence-corrected chi connectivity index (χ4v) is 3.11. The molecule has 0 aliphatic carbocycles. The predicted octanol–water partition coefficient (Wildman–Crippen LogP) is 1.66. The molecule has 6 heteroatoms. The monoisotopic (exact) mass is 347 g/mol. The minimum atomic E-state index is -0.455. The summed E-state index contributed by atoms with van der Waals surface area (Å²) < 4.78 is 5.29. The standard InChI is InChI=1S/C19H29N3O3/c1-13(2)11-16(20)19(24)22-9-7-21(8-10-22)18(23)15-6-5-14(3)17(12-15)25-4/h5-6,12-13,16H,7-11,20H2,1-4H3/t16-/m0/s1. The molecule has 1 atom stereocenters. The summed E-state index contributed by atoms with van der Waals surface area (Å²) in [6.45, 7) is 8.15. The van der Waals surface area contributed by atoms with Crippen LogP contribution >= 0.6 is 0 Å². The van der Waals surface area contributed by atoms with E-state index in [1.165, 1.54) is 0 Å². The number of carbonyl (C=O) groups is 2. The summed E-state index contributed by atoms with van der Waals surface area (Å²) in [6, 6.07) is 5.02. The van der Waals surface area contributed by atoms with Gasteiger partial charge in [0.25, 0.3) is 5.91 Å². The first-order valence-corrected chi connectivity index (χ1v) is 8.81. The van der Waals surface area contributed by atoms with Gasteiger partial charge in [0.1, 0.15) is 5.75 Å². The minimum absolute atomic E-state index is 0.0159. The Morgan fingerprint density at radius 3 is 2.32 bits per heavy atom. The number of nitrogens with two attached hydrogens (primary N) is 1. The maximum Gasteiger partial charge on any atom is 0.254 e. The molecule has 0 unspecified atom stereocenters. The molecule has 2 N–H and O–H groups in total. The van der Waals surface area contributed by atoms with Crippen molar-refractivity contribution in [2.45, 2.75) is 33.2 Å². The SMILES string of the molecule is COc1cc(C(=O)N2CCN(C(=O)[C@@H](N)CC(C)C)CC2)ccc1C. The van der Waals surface area contributed by atoms with Gasteiger partial charge in [0.05, 0.1) is 13.2 Å². The average molecular weight is 347 g/mol. The van der Waals surface area contributed by atoms with Crippen molar-refractivity contribution in [1.29, 1.82) is 0 Å². The van der Waals surface area contributed by atoms with Crippen molar-refractivity contribution in [2.24, 2.45) is 11.7 Å². The molecule has 1 aliphatic rings. The summed E-state index contributed by atoms with van der Waals surface area (Å²) in [5.41, 5.74) is 7.60. The molecule has 0 saturated carbocycles. The number of rotatable bonds is 5. The van der Waals surface area contributed by atoms with E-state index >= 15 is 0 Å². The molecule has 1 aromatic rings. The largest absolute Gasteiger partial charge is 0.496 e. The molecule has 0 bridgehead atoms. The van der Waals surface area contributed by atoms with Gasteiger partial charge in [-0.2, -0.15) is 0 Å². The summed E-state index contributed by atoms with van der Waals surface area (Å²) in [4.78, 5) is 28.6. The van der Waals surface area contributed by atoms with Gasteiger partial charge in [-0.25, -0.2) is 0 Å². The Labute approximate surface area is 149 Å². The molecular weight excluding hydrogens is 318 g/mol. The lowest BCUT2D eigenvalue weighted by molar-refractivity contribution is -0.134. The van der Waals surface area contributed by atoms with Crippen LogP contribution in [0.15, 0.2) is 18.2 Å². The van der Waals surface area contributed by atoms with Gasteiger partial charge in [-0.3, -0.25) is 9.59 Å². The fourth-order valence-electron chi connectivity index (χ4n) is 3.11. The second-order valence-corrected chi connectivity index (χ2v) is 7.04. The van der Waals surface area contributed by atoms with E-state index < -0.39 is 6.04 Å². The molecule has 6 nitrogen and oxygen atoms in total. The summed E-state index contributed by atoms with van der Waals surface area (Å²) in [5.74, 6) is 1.05. The molecular formula is C19H29N3O3. The average Bonchev–Trinajstić information content (AvgIpc) is 2.60. The number of benzene rings is 1. The van der Waals surface area contributed by atoms with Gasteiger partial charge in [-0.1, -0.05) is 19.9 Å². The van der Waals surface area contributed by atoms with Crippen LogP contribution in [0.3, 0.4) is 0 Å². The maximum atomic E-state index is 12.7. The van der Waals surface area contributed by atoms with Crippen molar-refractivity contribution in [3.8, 4) is 5.75 Å². The third-order valence-electron chi connectivity index (χ3n) is 4.58. The Hall–Kier alpha value is -2.08. The number of aryl methyl sites for hydroxylation is 1. The number of piperazine rings is 1. The van der Waals surface area contributed by atoms with E-state index in [9.17, 15) is 9.59 Å². The first kappa shape index (κ1) is 19.2. The van der Waals surface area contributed by atoms with Crippen LogP contribution in [0.2, 0.25) is 0 Å². The molecule has 1 fully saturated rings. The highest BCUT2D eigenvalue weighted by atomic mass is 16.5. The number of nitrogens with zero attached hydrogens (tertiary/aromatic N) is 2. The first-order chi connectivity index (χ1) is 11.8. The fraction of sp³-hybridized carbons (Fsp3) is 0.579. The third kappa shape index (κ3) is 4.72. The number of carbonyl (C=O) groups excluding carboxylic acids is 2. The van der Waals surface area contributed by atoms with Crippen molar-refractivity contribution in [3.05, 3.63) is 29.3 Å². The van der Waals surface area contributed by atoms with Gasteiger partial charge in [0.2, 0.25) is 5.91 Å². The molecule has 1 aliphatic heterocycles. The summed E-state index contributed by atoms with van der Waals surface area (Å²) in [6.07, 6.45) is 0.682. The van der Waals surface area contributed by atoms with E-state index in [1.54, 1.807) is 23.0 Å². The van der Waals surface area contributed by atoms with Crippen LogP contribution in [-0.4, -0.2) is 60.9 Å². The van der Waals surface area contributed by atoms with E-state index in [2.05, 4.69) is 13.8 Å². The molecule has 2 amide bonds. The van der Waals surface area contributed by atoms with Crippen LogP contribution in [0.1, 0.15) is 36.2 Å². The number of hydrogen-bond donors (Lipinski definition) is 1. The Morgan fingerprint density at radius 1 is 1.16 bits per heavy atom. The van der Waals surface area contributed by atoms with Crippen LogP contribution in [0.5, 0.6) is 5.75 Å². The van der Waals surface area contributed by atoms with Crippen LogP contribution in [0, 0.1) is 12.8 Å². The van der Waals surface area contributed by atoms with Crippen molar-refractivity contribution in [2.75, 3.05) is 33.3 Å². The van der Waals surface area contributed by atoms with Gasteiger partial charge in [-0.05, 0) is 37.0 Å². The number of methoxy groups -OCH3 is 1. The Bertz CT molecular complexity index is 622. The molecule has 1 saturated heterocycles. The Kier molecular flexibility index (Phi) is 6.42. The van der Waals surface area contributed by atoms with Gasteiger partial charge in [0, 0.05) is 31.7 Å². The van der Waals surface area contributed by atoms with Gasteiger partial charge >= 0.3 is 0 Å². The second-order valence-electron chi connectivity index (χ2n) is 7.04. The van der Waals surface area contributed by atoms with Crippen LogP contribution in [0.25, 0.3) is 0 Å². The zero-order valence-electron chi connectivity index (χ0n) is 15.6. The van der Waals surface area contributed by atoms with Gasteiger partial charge < -0.3 is 20.3 Å². The number of hydrogen-bond acceptors (Lipinski definition) is 4. The first-order valence-electron chi connectivity index (χ1n) is 8.81. The lowest BCUT2D eigenvalue weighted by atomic mass is 10.0. The van der Waals surface area contributed by atoms with E-state index in [1.807, 2.05) is 19.1 Å². The van der Waals surface area contributed by atoms with Crippen LogP contribution < -0.4 is 10.5 Å². The lowest BCUT2D eigenvalue weighted by Crippen LogP contribution is -2.54. The van der Waals surface area contributed by atoms with Gasteiger partial charge in [0.15, 0.2) is 0 Å². The molecule has 2 rings (SSSR count). The molecule has 25 heavy (non-hydrogen) atoms. The van der Waals surface area contributed by atoms with Crippen LogP contribution in [-0.2, 0) is 4.79 Å². The highest BCUT2D eigenvalue weighted by molar-refractivity contribution is 5.95. The molecule has 138 valence electrons. The Balaban J connectivity index is 1.95. The summed E-state index contributed by atoms with van der Waals surface area (Å²) in [5, 5.41) is 0. The van der Waals surface area contributed by atoms with E-state index in [0.29, 0.717) is 49.8 Å². The second kappa shape index (κ2) is 8.34. The van der Waals surface area contributed by atoms with E-state index in [0.717, 1.165) is 5.56 Å². The maximum absolute atomic E-state index is 12.7. The van der Waals surface area contributed by atoms with Gasteiger partial charge in [-0.15, -0.1) is 0 Å². The lowest BCUT2D eigenvalue weighted by Gasteiger charge is -2.36. The molecule has 0 radical (unpaired) electrons. The predicted molar refractivity (Wildman–Crippen MR) is 97.6 cm³/mol. The number of ether oxygens (including phenoxy) is 1. The topological polar surface area (TPSA) is 75.9 Å². The smallest absolute Gasteiger partial charge is 0.254 e. The highest BCUT2D eigenvalue weighted by Crippen LogP contribution is 2.20. The molecule has 1 aromatic carbocycles. The quantitative estimate of drug-likeness (QED) is 0.879. The van der Waals surface area contributed by atoms with Crippen LogP contribution in [0.4, 0.5) is 0 Å². The Morgan fingerprint density at radius 2 is 1.76 bits per heavy atom. The van der Waals surface area contributed by atoms with Crippen molar-refractivity contribution in [3.63, 3.8) is 0 Å². The molecule has 1 heterocycles. The highest BCUT2D eigenvalue weighted by Gasteiger charge is 2.28. The van der Waals surface area contributed by atoms with Crippen molar-refractivity contribution in [1.82, 2.24) is 9.80 Å². The number of amides is 2. The molecule has 0 aromatic heterocycles. The van der Waals surface area contributed by atoms with Crippen molar-refractivity contribution >= 4 is 11.8 Å². The minimum Gasteiger partial charge on any atom is -0.496 e.